The fraction of sp³-hybridized carbons (Fsp3) is 0.364. The van der Waals surface area contributed by atoms with Gasteiger partial charge in [0.2, 0.25) is 11.8 Å². The van der Waals surface area contributed by atoms with Gasteiger partial charge in [0.1, 0.15) is 11.6 Å². The molecule has 0 N–H and O–H groups in total. The Kier molecular flexibility index (Phi) is 5.11. The third-order valence-corrected chi connectivity index (χ3v) is 5.61. The first kappa shape index (κ1) is 18.6. The summed E-state index contributed by atoms with van der Waals surface area (Å²) in [5, 5.41) is 0. The van der Waals surface area contributed by atoms with E-state index in [-0.39, 0.29) is 36.5 Å². The van der Waals surface area contributed by atoms with Crippen LogP contribution in [-0.4, -0.2) is 35.8 Å². The Morgan fingerprint density at radius 1 is 1.07 bits per heavy atom. The predicted molar refractivity (Wildman–Crippen MR) is 102 cm³/mol. The molecule has 2 aliphatic heterocycles. The van der Waals surface area contributed by atoms with E-state index in [1.165, 1.54) is 10.5 Å². The van der Waals surface area contributed by atoms with E-state index in [1.54, 1.807) is 0 Å². The van der Waals surface area contributed by atoms with Crippen LogP contribution in [0.3, 0.4) is 0 Å². The molecule has 2 fully saturated rings. The van der Waals surface area contributed by atoms with Gasteiger partial charge in [-0.05, 0) is 37.0 Å². The number of rotatable bonds is 4. The maximum atomic E-state index is 13.5. The number of anilines is 1. The molecule has 28 heavy (non-hydrogen) atoms. The average molecular weight is 384 g/mol. The van der Waals surface area contributed by atoms with Gasteiger partial charge in [-0.15, -0.1) is 0 Å². The zero-order valence-corrected chi connectivity index (χ0v) is 15.5. The lowest BCUT2D eigenvalue weighted by atomic mass is 10.0. The largest absolute Gasteiger partial charge is 0.339 e. The molecule has 6 heteroatoms. The molecule has 0 unspecified atom stereocenters. The van der Waals surface area contributed by atoms with Crippen LogP contribution in [0.15, 0.2) is 48.5 Å². The molecule has 4 nitrogen and oxygen atoms in total. The van der Waals surface area contributed by atoms with Crippen molar-refractivity contribution in [3.63, 3.8) is 0 Å². The quantitative estimate of drug-likeness (QED) is 0.809. The zero-order chi connectivity index (χ0) is 19.7. The number of halogens is 2. The van der Waals surface area contributed by atoms with Gasteiger partial charge in [-0.1, -0.05) is 30.3 Å². The molecule has 2 atom stereocenters. The number of amides is 2. The molecule has 0 aromatic heterocycles. The van der Waals surface area contributed by atoms with Gasteiger partial charge in [-0.3, -0.25) is 9.59 Å². The summed E-state index contributed by atoms with van der Waals surface area (Å²) in [7, 11) is 0. The molecule has 0 spiro atoms. The van der Waals surface area contributed by atoms with E-state index in [4.69, 9.17) is 0 Å². The fourth-order valence-corrected chi connectivity index (χ4v) is 4.28. The van der Waals surface area contributed by atoms with Crippen molar-refractivity contribution in [1.29, 1.82) is 0 Å². The lowest BCUT2D eigenvalue weighted by Crippen LogP contribution is -2.41. The minimum absolute atomic E-state index is 0.0360. The molecule has 2 amide bonds. The van der Waals surface area contributed by atoms with E-state index in [0.717, 1.165) is 37.5 Å². The summed E-state index contributed by atoms with van der Waals surface area (Å²) in [5.41, 5.74) is 1.35. The Bertz CT molecular complexity index is 867. The normalized spacial score (nSPS) is 22.1. The molecule has 146 valence electrons. The monoisotopic (exact) mass is 384 g/mol. The first-order valence-electron chi connectivity index (χ1n) is 9.62. The van der Waals surface area contributed by atoms with Crippen LogP contribution < -0.4 is 4.90 Å². The Morgan fingerprint density at radius 2 is 1.79 bits per heavy atom. The molecule has 0 saturated carbocycles. The van der Waals surface area contributed by atoms with Gasteiger partial charge >= 0.3 is 0 Å². The Morgan fingerprint density at radius 3 is 2.50 bits per heavy atom. The number of likely N-dealkylation sites (tertiary alicyclic amines) is 1. The highest BCUT2D eigenvalue weighted by Gasteiger charge is 2.40. The third kappa shape index (κ3) is 3.77. The van der Waals surface area contributed by atoms with Crippen molar-refractivity contribution in [3.8, 4) is 0 Å². The Hall–Kier alpha value is -2.76. The fourth-order valence-electron chi connectivity index (χ4n) is 4.28. The minimum atomic E-state index is -0.736. The van der Waals surface area contributed by atoms with Crippen molar-refractivity contribution in [2.75, 3.05) is 18.0 Å². The van der Waals surface area contributed by atoms with Crippen LogP contribution in [0.5, 0.6) is 0 Å². The average Bonchev–Trinajstić information content (AvgIpc) is 3.28. The highest BCUT2D eigenvalue weighted by atomic mass is 19.1. The topological polar surface area (TPSA) is 40.6 Å². The summed E-state index contributed by atoms with van der Waals surface area (Å²) in [6, 6.07) is 13.2. The molecule has 2 aliphatic rings. The minimum Gasteiger partial charge on any atom is -0.339 e. The van der Waals surface area contributed by atoms with Crippen LogP contribution in [0, 0.1) is 17.6 Å². The van der Waals surface area contributed by atoms with Crippen LogP contribution in [0.4, 0.5) is 14.5 Å². The highest BCUT2D eigenvalue weighted by molar-refractivity contribution is 6.00. The summed E-state index contributed by atoms with van der Waals surface area (Å²) >= 11 is 0. The highest BCUT2D eigenvalue weighted by Crippen LogP contribution is 2.30. The van der Waals surface area contributed by atoms with Crippen LogP contribution >= 0.6 is 0 Å². The number of nitrogens with zero attached hydrogens (tertiary/aromatic N) is 2. The number of carbonyl (C=O) groups is 2. The van der Waals surface area contributed by atoms with E-state index in [1.807, 2.05) is 23.1 Å². The first-order valence-corrected chi connectivity index (χ1v) is 9.62. The second-order valence-electron chi connectivity index (χ2n) is 7.55. The summed E-state index contributed by atoms with van der Waals surface area (Å²) in [6.45, 7) is 0.852. The van der Waals surface area contributed by atoms with Crippen LogP contribution in [0.1, 0.15) is 24.8 Å². The SMILES string of the molecule is O=C1C[C@@H](C(=O)N2CCC[C@@H]2Cc2ccccc2)CN1c1cc(F)cc(F)c1. The molecule has 2 aromatic rings. The molecule has 0 aliphatic carbocycles. The smallest absolute Gasteiger partial charge is 0.228 e. The maximum absolute atomic E-state index is 13.5. The molecule has 2 aromatic carbocycles. The standard InChI is InChI=1S/C22H22F2N2O2/c23-17-11-18(24)13-20(12-17)26-14-16(10-21(26)27)22(28)25-8-4-7-19(25)9-15-5-2-1-3-6-15/h1-3,5-6,11-13,16,19H,4,7-10,14H2/t16-,19-/m1/s1. The number of hydrogen-bond donors (Lipinski definition) is 0. The second-order valence-corrected chi connectivity index (χ2v) is 7.55. The summed E-state index contributed by atoms with van der Waals surface area (Å²) in [5.74, 6) is -2.26. The third-order valence-electron chi connectivity index (χ3n) is 5.61. The molecule has 0 bridgehead atoms. The predicted octanol–water partition coefficient (Wildman–Crippen LogP) is 3.55. The molecular weight excluding hydrogens is 362 g/mol. The number of hydrogen-bond acceptors (Lipinski definition) is 2. The summed E-state index contributed by atoms with van der Waals surface area (Å²) in [6.07, 6.45) is 2.76. The first-order chi connectivity index (χ1) is 13.5. The van der Waals surface area contributed by atoms with Crippen molar-refractivity contribution < 1.29 is 18.4 Å². The maximum Gasteiger partial charge on any atom is 0.228 e. The van der Waals surface area contributed by atoms with Crippen LogP contribution in [0.2, 0.25) is 0 Å². The lowest BCUT2D eigenvalue weighted by Gasteiger charge is -2.27. The molecule has 2 saturated heterocycles. The van der Waals surface area contributed by atoms with Gasteiger partial charge in [0, 0.05) is 37.3 Å². The van der Waals surface area contributed by atoms with Gasteiger partial charge < -0.3 is 9.80 Å². The van der Waals surface area contributed by atoms with E-state index in [2.05, 4.69) is 12.1 Å². The molecule has 0 radical (unpaired) electrons. The second kappa shape index (κ2) is 7.70. The summed E-state index contributed by atoms with van der Waals surface area (Å²) in [4.78, 5) is 28.7. The van der Waals surface area contributed by atoms with Crippen molar-refractivity contribution in [2.24, 2.45) is 5.92 Å². The Labute approximate surface area is 162 Å². The van der Waals surface area contributed by atoms with Gasteiger partial charge in [-0.2, -0.15) is 0 Å². The van der Waals surface area contributed by atoms with Crippen LogP contribution in [-0.2, 0) is 16.0 Å². The summed E-state index contributed by atoms with van der Waals surface area (Å²) < 4.78 is 27.0. The van der Waals surface area contributed by atoms with Crippen molar-refractivity contribution >= 4 is 17.5 Å². The van der Waals surface area contributed by atoms with Gasteiger partial charge in [0.25, 0.3) is 0 Å². The van der Waals surface area contributed by atoms with E-state index < -0.39 is 17.6 Å². The van der Waals surface area contributed by atoms with E-state index in [9.17, 15) is 18.4 Å². The van der Waals surface area contributed by atoms with E-state index >= 15 is 0 Å². The van der Waals surface area contributed by atoms with Crippen LogP contribution in [0.25, 0.3) is 0 Å². The number of benzene rings is 2. The van der Waals surface area contributed by atoms with Crippen molar-refractivity contribution in [2.45, 2.75) is 31.7 Å². The number of carbonyl (C=O) groups excluding carboxylic acids is 2. The van der Waals surface area contributed by atoms with E-state index in [0.29, 0.717) is 6.54 Å². The molecule has 2 heterocycles. The Balaban J connectivity index is 1.46. The molecular formula is C22H22F2N2O2. The zero-order valence-electron chi connectivity index (χ0n) is 15.5. The van der Waals surface area contributed by atoms with Gasteiger partial charge in [0.05, 0.1) is 5.92 Å². The van der Waals surface area contributed by atoms with Crippen molar-refractivity contribution in [3.05, 3.63) is 65.7 Å². The van der Waals surface area contributed by atoms with Gasteiger partial charge in [0.15, 0.2) is 0 Å². The van der Waals surface area contributed by atoms with Gasteiger partial charge in [-0.25, -0.2) is 8.78 Å². The lowest BCUT2D eigenvalue weighted by molar-refractivity contribution is -0.136. The van der Waals surface area contributed by atoms with Crippen molar-refractivity contribution in [1.82, 2.24) is 4.90 Å². The molecule has 4 rings (SSSR count).